The summed E-state index contributed by atoms with van der Waals surface area (Å²) in [5.74, 6) is -0.966. The van der Waals surface area contributed by atoms with Crippen LogP contribution in [0.2, 0.25) is 0 Å². The zero-order valence-corrected chi connectivity index (χ0v) is 18.0. The van der Waals surface area contributed by atoms with E-state index in [0.717, 1.165) is 24.3 Å². The number of rotatable bonds is 5. The van der Waals surface area contributed by atoms with Crippen molar-refractivity contribution >= 4 is 39.1 Å². The minimum Gasteiger partial charge on any atom is -0.452 e. The molecule has 0 atom stereocenters. The second-order valence-corrected chi connectivity index (χ2v) is 9.42. The molecule has 0 spiro atoms. The second kappa shape index (κ2) is 8.54. The summed E-state index contributed by atoms with van der Waals surface area (Å²) >= 11 is 0. The number of benzene rings is 1. The van der Waals surface area contributed by atoms with Gasteiger partial charge in [0.15, 0.2) is 6.61 Å². The van der Waals surface area contributed by atoms with Gasteiger partial charge < -0.3 is 19.9 Å². The van der Waals surface area contributed by atoms with Gasteiger partial charge >= 0.3 is 5.97 Å². The maximum absolute atomic E-state index is 12.3. The van der Waals surface area contributed by atoms with Crippen LogP contribution in [0.15, 0.2) is 46.5 Å². The molecule has 1 aromatic carbocycles. The highest BCUT2D eigenvalue weighted by molar-refractivity contribution is 7.90. The van der Waals surface area contributed by atoms with E-state index in [4.69, 9.17) is 4.74 Å². The fourth-order valence-electron chi connectivity index (χ4n) is 3.68. The van der Waals surface area contributed by atoms with Gasteiger partial charge in [-0.25, -0.2) is 13.2 Å². The largest absolute Gasteiger partial charge is 0.452 e. The van der Waals surface area contributed by atoms with Gasteiger partial charge in [0.25, 0.3) is 15.9 Å². The van der Waals surface area contributed by atoms with Crippen molar-refractivity contribution < 1.29 is 22.7 Å². The fraction of sp³-hybridized carbons (Fsp3) is 0.381. The number of amidine groups is 1. The molecule has 1 saturated heterocycles. The lowest BCUT2D eigenvalue weighted by Crippen LogP contribution is -2.37. The predicted molar refractivity (Wildman–Crippen MR) is 117 cm³/mol. The molecule has 1 fully saturated rings. The molecule has 0 aromatic heterocycles. The van der Waals surface area contributed by atoms with Crippen LogP contribution in [0.4, 0.5) is 11.4 Å². The number of carbonyl (C=O) groups is 2. The maximum atomic E-state index is 12.3. The van der Waals surface area contributed by atoms with Gasteiger partial charge in [-0.2, -0.15) is 0 Å². The average molecular weight is 445 g/mol. The first-order valence-electron chi connectivity index (χ1n) is 10.1. The lowest BCUT2D eigenvalue weighted by atomic mass is 10.1. The van der Waals surface area contributed by atoms with Crippen LogP contribution < -0.4 is 10.2 Å². The molecule has 1 aromatic rings. The van der Waals surface area contributed by atoms with Crippen LogP contribution in [0, 0.1) is 6.92 Å². The molecule has 0 bridgehead atoms. The van der Waals surface area contributed by atoms with Crippen molar-refractivity contribution in [1.82, 2.24) is 4.90 Å². The van der Waals surface area contributed by atoms with Gasteiger partial charge in [0.2, 0.25) is 0 Å². The third-order valence-electron chi connectivity index (χ3n) is 5.35. The summed E-state index contributed by atoms with van der Waals surface area (Å²) in [6, 6.07) is 5.89. The van der Waals surface area contributed by atoms with Crippen molar-refractivity contribution in [2.75, 3.05) is 42.2 Å². The molecule has 3 heterocycles. The summed E-state index contributed by atoms with van der Waals surface area (Å²) in [5, 5.41) is 2.77. The Kier molecular flexibility index (Phi) is 5.81. The van der Waals surface area contributed by atoms with Crippen molar-refractivity contribution in [3.05, 3.63) is 47.7 Å². The molecule has 3 aliphatic rings. The number of esters is 1. The molecule has 4 rings (SSSR count). The number of aryl methyl sites for hydroxylation is 1. The third kappa shape index (κ3) is 4.96. The van der Waals surface area contributed by atoms with Crippen LogP contribution in [0.5, 0.6) is 0 Å². The SMILES string of the molecule is Cc1cc(N2CCCC2)ccc1NC(=O)COC(=O)C1=CN2CCS(=O)(=O)N=C2C=C1. The highest BCUT2D eigenvalue weighted by atomic mass is 32.2. The van der Waals surface area contributed by atoms with Gasteiger partial charge in [-0.15, -0.1) is 4.40 Å². The Morgan fingerprint density at radius 1 is 1.16 bits per heavy atom. The first-order valence-corrected chi connectivity index (χ1v) is 11.7. The monoisotopic (exact) mass is 444 g/mol. The van der Waals surface area contributed by atoms with Crippen molar-refractivity contribution in [3.8, 4) is 0 Å². The van der Waals surface area contributed by atoms with E-state index in [0.29, 0.717) is 5.69 Å². The molecule has 0 saturated carbocycles. The summed E-state index contributed by atoms with van der Waals surface area (Å²) in [6.07, 6.45) is 6.74. The van der Waals surface area contributed by atoms with E-state index in [9.17, 15) is 18.0 Å². The van der Waals surface area contributed by atoms with E-state index in [1.165, 1.54) is 31.2 Å². The van der Waals surface area contributed by atoms with Crippen LogP contribution in [-0.4, -0.2) is 63.0 Å². The van der Waals surface area contributed by atoms with E-state index in [1.807, 2.05) is 25.1 Å². The van der Waals surface area contributed by atoms with Crippen molar-refractivity contribution in [3.63, 3.8) is 0 Å². The molecule has 1 amide bonds. The summed E-state index contributed by atoms with van der Waals surface area (Å²) in [4.78, 5) is 28.5. The third-order valence-corrected chi connectivity index (χ3v) is 6.51. The zero-order valence-electron chi connectivity index (χ0n) is 17.2. The van der Waals surface area contributed by atoms with Crippen molar-refractivity contribution in [2.24, 2.45) is 4.40 Å². The summed E-state index contributed by atoms with van der Waals surface area (Å²) in [5.41, 5.74) is 2.98. The fourth-order valence-corrected chi connectivity index (χ4v) is 4.65. The standard InChI is InChI=1S/C21H24N4O5S/c1-15-12-17(24-8-2-3-9-24)5-6-18(15)22-20(26)14-30-21(27)16-4-7-19-23-31(28,29)11-10-25(19)13-16/h4-7,12-13H,2-3,8-11,14H2,1H3,(H,22,26). The van der Waals surface area contributed by atoms with Crippen LogP contribution in [0.25, 0.3) is 0 Å². The predicted octanol–water partition coefficient (Wildman–Crippen LogP) is 1.57. The molecule has 1 N–H and O–H groups in total. The van der Waals surface area contributed by atoms with Gasteiger partial charge in [-0.3, -0.25) is 4.79 Å². The van der Waals surface area contributed by atoms with Gasteiger partial charge in [0, 0.05) is 37.2 Å². The number of hydrogen-bond donors (Lipinski definition) is 1. The highest BCUT2D eigenvalue weighted by Crippen LogP contribution is 2.25. The topological polar surface area (TPSA) is 108 Å². The number of ether oxygens (including phenoxy) is 1. The molecule has 164 valence electrons. The molecular formula is C21H24N4O5S. The lowest BCUT2D eigenvalue weighted by Gasteiger charge is -2.26. The van der Waals surface area contributed by atoms with E-state index in [1.54, 1.807) is 4.90 Å². The molecular weight excluding hydrogens is 420 g/mol. The smallest absolute Gasteiger partial charge is 0.340 e. The Balaban J connectivity index is 1.32. The maximum Gasteiger partial charge on any atom is 0.340 e. The van der Waals surface area contributed by atoms with Crippen molar-refractivity contribution in [2.45, 2.75) is 19.8 Å². The Morgan fingerprint density at radius 3 is 2.68 bits per heavy atom. The summed E-state index contributed by atoms with van der Waals surface area (Å²) in [6.45, 7) is 3.80. The van der Waals surface area contributed by atoms with E-state index < -0.39 is 28.5 Å². The number of amides is 1. The quantitative estimate of drug-likeness (QED) is 0.687. The summed E-state index contributed by atoms with van der Waals surface area (Å²) < 4.78 is 31.9. The van der Waals surface area contributed by atoms with Crippen LogP contribution in [0.3, 0.4) is 0 Å². The Hall–Kier alpha value is -3.14. The molecule has 31 heavy (non-hydrogen) atoms. The molecule has 10 heteroatoms. The van der Waals surface area contributed by atoms with Crippen LogP contribution in [-0.2, 0) is 24.3 Å². The first kappa shape index (κ1) is 21.1. The van der Waals surface area contributed by atoms with Gasteiger partial charge in [-0.1, -0.05) is 0 Å². The van der Waals surface area contributed by atoms with E-state index in [2.05, 4.69) is 14.6 Å². The number of hydrogen-bond acceptors (Lipinski definition) is 7. The van der Waals surface area contributed by atoms with Crippen LogP contribution in [0.1, 0.15) is 18.4 Å². The molecule has 0 unspecified atom stereocenters. The molecule has 3 aliphatic heterocycles. The Labute approximate surface area is 181 Å². The number of anilines is 2. The number of carbonyl (C=O) groups excluding carboxylic acids is 2. The number of nitrogens with one attached hydrogen (secondary N) is 1. The first-order chi connectivity index (χ1) is 14.8. The minimum absolute atomic E-state index is 0.124. The minimum atomic E-state index is -3.46. The number of nitrogens with zero attached hydrogens (tertiary/aromatic N) is 3. The van der Waals surface area contributed by atoms with E-state index in [-0.39, 0.29) is 23.7 Å². The summed E-state index contributed by atoms with van der Waals surface area (Å²) in [7, 11) is -3.46. The molecule has 0 radical (unpaired) electrons. The van der Waals surface area contributed by atoms with Gasteiger partial charge in [0.05, 0.1) is 11.3 Å². The normalized spacial score (nSPS) is 19.4. The average Bonchev–Trinajstić information content (AvgIpc) is 3.27. The van der Waals surface area contributed by atoms with Crippen LogP contribution >= 0.6 is 0 Å². The van der Waals surface area contributed by atoms with Gasteiger partial charge in [-0.05, 0) is 55.7 Å². The zero-order chi connectivity index (χ0) is 22.0. The highest BCUT2D eigenvalue weighted by Gasteiger charge is 2.25. The van der Waals surface area contributed by atoms with Crippen molar-refractivity contribution in [1.29, 1.82) is 0 Å². The number of sulfonamides is 1. The number of fused-ring (bicyclic) bond motifs is 1. The van der Waals surface area contributed by atoms with Gasteiger partial charge in [0.1, 0.15) is 5.84 Å². The lowest BCUT2D eigenvalue weighted by molar-refractivity contribution is -0.143. The Morgan fingerprint density at radius 2 is 1.94 bits per heavy atom. The second-order valence-electron chi connectivity index (χ2n) is 7.66. The molecule has 9 nitrogen and oxygen atoms in total. The Bertz CT molecular complexity index is 1100. The van der Waals surface area contributed by atoms with E-state index >= 15 is 0 Å². The molecule has 0 aliphatic carbocycles.